The molecule has 88 valence electrons. The second-order valence-corrected chi connectivity index (χ2v) is 5.43. The molecule has 1 nitrogen and oxygen atoms in total. The molecule has 2 aromatic rings. The van der Waals surface area contributed by atoms with Gasteiger partial charge in [0.15, 0.2) is 0 Å². The average Bonchev–Trinajstić information content (AvgIpc) is 2.29. The van der Waals surface area contributed by atoms with E-state index in [4.69, 9.17) is 17.3 Å². The fourth-order valence-corrected chi connectivity index (χ4v) is 2.95. The maximum atomic E-state index is 5.98. The first-order chi connectivity index (χ1) is 8.19. The average molecular weight is 264 g/mol. The Morgan fingerprint density at radius 2 is 2.00 bits per heavy atom. The molecule has 0 bridgehead atoms. The third kappa shape index (κ3) is 3.25. The lowest BCUT2D eigenvalue weighted by atomic mass is 10.1. The Morgan fingerprint density at radius 1 is 1.18 bits per heavy atom. The van der Waals surface area contributed by atoms with Crippen molar-refractivity contribution in [1.29, 1.82) is 0 Å². The maximum Gasteiger partial charge on any atom is 0.0417 e. The van der Waals surface area contributed by atoms with Gasteiger partial charge in [-0.15, -0.1) is 0 Å². The lowest BCUT2D eigenvalue weighted by Gasteiger charge is -2.08. The minimum atomic E-state index is 0.559. The first kappa shape index (κ1) is 12.5. The van der Waals surface area contributed by atoms with Crippen LogP contribution in [0.15, 0.2) is 52.3 Å². The number of rotatable bonds is 3. The van der Waals surface area contributed by atoms with Crippen LogP contribution >= 0.6 is 23.4 Å². The van der Waals surface area contributed by atoms with Gasteiger partial charge in [-0.3, -0.25) is 0 Å². The molecule has 0 fully saturated rings. The fourth-order valence-electron chi connectivity index (χ4n) is 1.58. The van der Waals surface area contributed by atoms with Crippen molar-refractivity contribution in [2.75, 3.05) is 0 Å². The highest BCUT2D eigenvalue weighted by atomic mass is 35.5. The molecule has 0 unspecified atom stereocenters. The fraction of sp³-hybridized carbons (Fsp3) is 0.143. The van der Waals surface area contributed by atoms with E-state index in [-0.39, 0.29) is 0 Å². The van der Waals surface area contributed by atoms with Crippen LogP contribution in [0.5, 0.6) is 0 Å². The molecule has 0 aliphatic rings. The molecule has 2 N–H and O–H groups in total. The Labute approximate surface area is 111 Å². The van der Waals surface area contributed by atoms with E-state index in [2.05, 4.69) is 31.2 Å². The van der Waals surface area contributed by atoms with Crippen LogP contribution in [0.3, 0.4) is 0 Å². The van der Waals surface area contributed by atoms with Gasteiger partial charge in [-0.2, -0.15) is 0 Å². The molecule has 0 amide bonds. The van der Waals surface area contributed by atoms with E-state index in [0.29, 0.717) is 6.54 Å². The molecular formula is C14H14ClNS. The zero-order valence-corrected chi connectivity index (χ0v) is 11.2. The summed E-state index contributed by atoms with van der Waals surface area (Å²) < 4.78 is 0. The molecule has 2 aromatic carbocycles. The second-order valence-electron chi connectivity index (χ2n) is 3.87. The molecule has 0 aromatic heterocycles. The van der Waals surface area contributed by atoms with E-state index in [9.17, 15) is 0 Å². The largest absolute Gasteiger partial charge is 0.326 e. The van der Waals surface area contributed by atoms with E-state index in [1.807, 2.05) is 18.2 Å². The Balaban J connectivity index is 2.32. The van der Waals surface area contributed by atoms with Crippen LogP contribution in [-0.2, 0) is 6.54 Å². The van der Waals surface area contributed by atoms with Gasteiger partial charge in [0.05, 0.1) is 0 Å². The minimum absolute atomic E-state index is 0.559. The summed E-state index contributed by atoms with van der Waals surface area (Å²) in [5.74, 6) is 0. The summed E-state index contributed by atoms with van der Waals surface area (Å²) >= 11 is 7.68. The molecule has 0 saturated heterocycles. The molecule has 0 radical (unpaired) electrons. The van der Waals surface area contributed by atoms with Crippen LogP contribution < -0.4 is 5.73 Å². The van der Waals surface area contributed by atoms with Crippen molar-refractivity contribution in [2.24, 2.45) is 5.73 Å². The van der Waals surface area contributed by atoms with Crippen molar-refractivity contribution in [1.82, 2.24) is 0 Å². The molecule has 0 aliphatic carbocycles. The number of nitrogens with two attached hydrogens (primary N) is 1. The predicted octanol–water partition coefficient (Wildman–Crippen LogP) is 4.26. The van der Waals surface area contributed by atoms with Gasteiger partial charge in [0, 0.05) is 21.4 Å². The number of benzene rings is 2. The first-order valence-electron chi connectivity index (χ1n) is 5.42. The highest BCUT2D eigenvalue weighted by Crippen LogP contribution is 2.32. The highest BCUT2D eigenvalue weighted by molar-refractivity contribution is 7.99. The summed E-state index contributed by atoms with van der Waals surface area (Å²) in [6.45, 7) is 2.64. The van der Waals surface area contributed by atoms with Crippen LogP contribution in [0.2, 0.25) is 5.02 Å². The predicted molar refractivity (Wildman–Crippen MR) is 74.6 cm³/mol. The summed E-state index contributed by atoms with van der Waals surface area (Å²) in [5.41, 5.74) is 8.15. The minimum Gasteiger partial charge on any atom is -0.326 e. The van der Waals surface area contributed by atoms with Gasteiger partial charge in [-0.1, -0.05) is 41.6 Å². The molecule has 0 aliphatic heterocycles. The van der Waals surface area contributed by atoms with Crippen LogP contribution in [-0.4, -0.2) is 0 Å². The van der Waals surface area contributed by atoms with Crippen molar-refractivity contribution >= 4 is 23.4 Å². The van der Waals surface area contributed by atoms with E-state index in [1.54, 1.807) is 11.8 Å². The molecule has 2 rings (SSSR count). The second kappa shape index (κ2) is 5.58. The van der Waals surface area contributed by atoms with Crippen LogP contribution in [0.1, 0.15) is 11.1 Å². The van der Waals surface area contributed by atoms with Gasteiger partial charge >= 0.3 is 0 Å². The van der Waals surface area contributed by atoms with Gasteiger partial charge in [-0.25, -0.2) is 0 Å². The van der Waals surface area contributed by atoms with E-state index < -0.39 is 0 Å². The Hall–Kier alpha value is -0.960. The third-order valence-electron chi connectivity index (χ3n) is 2.47. The normalized spacial score (nSPS) is 10.5. The molecule has 17 heavy (non-hydrogen) atoms. The monoisotopic (exact) mass is 263 g/mol. The van der Waals surface area contributed by atoms with E-state index in [0.717, 1.165) is 9.92 Å². The van der Waals surface area contributed by atoms with Crippen molar-refractivity contribution in [2.45, 2.75) is 23.3 Å². The van der Waals surface area contributed by atoms with E-state index >= 15 is 0 Å². The molecular weight excluding hydrogens is 250 g/mol. The van der Waals surface area contributed by atoms with Gasteiger partial charge in [0.2, 0.25) is 0 Å². The van der Waals surface area contributed by atoms with Crippen molar-refractivity contribution in [3.8, 4) is 0 Å². The highest BCUT2D eigenvalue weighted by Gasteiger charge is 2.04. The number of halogens is 1. The standard InChI is InChI=1S/C14H14ClNS/c1-10-5-6-11(9-16)14(7-10)17-13-4-2-3-12(15)8-13/h2-8H,9,16H2,1H3. The summed E-state index contributed by atoms with van der Waals surface area (Å²) in [7, 11) is 0. The SMILES string of the molecule is Cc1ccc(CN)c(Sc2cccc(Cl)c2)c1. The first-order valence-corrected chi connectivity index (χ1v) is 6.61. The van der Waals surface area contributed by atoms with Gasteiger partial charge in [0.1, 0.15) is 0 Å². The Bertz CT molecular complexity index is 525. The van der Waals surface area contributed by atoms with Crippen molar-refractivity contribution in [3.63, 3.8) is 0 Å². The summed E-state index contributed by atoms with van der Waals surface area (Å²) in [5, 5.41) is 0.761. The summed E-state index contributed by atoms with van der Waals surface area (Å²) in [6.07, 6.45) is 0. The number of hydrogen-bond acceptors (Lipinski definition) is 2. The maximum absolute atomic E-state index is 5.98. The number of aryl methyl sites for hydroxylation is 1. The Kier molecular flexibility index (Phi) is 4.11. The smallest absolute Gasteiger partial charge is 0.0417 e. The Morgan fingerprint density at radius 3 is 2.71 bits per heavy atom. The zero-order valence-electron chi connectivity index (χ0n) is 9.61. The molecule has 0 atom stereocenters. The third-order valence-corrected chi connectivity index (χ3v) is 3.79. The van der Waals surface area contributed by atoms with Crippen LogP contribution in [0.25, 0.3) is 0 Å². The van der Waals surface area contributed by atoms with Crippen LogP contribution in [0.4, 0.5) is 0 Å². The van der Waals surface area contributed by atoms with Crippen molar-refractivity contribution < 1.29 is 0 Å². The van der Waals surface area contributed by atoms with Crippen LogP contribution in [0, 0.1) is 6.92 Å². The quantitative estimate of drug-likeness (QED) is 0.896. The molecule has 0 saturated carbocycles. The molecule has 0 heterocycles. The number of hydrogen-bond donors (Lipinski definition) is 1. The lowest BCUT2D eigenvalue weighted by molar-refractivity contribution is 1.02. The summed E-state index contributed by atoms with van der Waals surface area (Å²) in [6, 6.07) is 14.2. The van der Waals surface area contributed by atoms with Gasteiger partial charge in [-0.05, 0) is 42.3 Å². The molecule has 0 spiro atoms. The lowest BCUT2D eigenvalue weighted by Crippen LogP contribution is -1.98. The molecule has 3 heteroatoms. The van der Waals surface area contributed by atoms with Crippen molar-refractivity contribution in [3.05, 3.63) is 58.6 Å². The topological polar surface area (TPSA) is 26.0 Å². The zero-order chi connectivity index (χ0) is 12.3. The van der Waals surface area contributed by atoms with Gasteiger partial charge < -0.3 is 5.73 Å². The van der Waals surface area contributed by atoms with E-state index in [1.165, 1.54) is 16.0 Å². The summed E-state index contributed by atoms with van der Waals surface area (Å²) in [4.78, 5) is 2.34. The van der Waals surface area contributed by atoms with Gasteiger partial charge in [0.25, 0.3) is 0 Å².